The van der Waals surface area contributed by atoms with Crippen LogP contribution < -0.4 is 4.90 Å². The number of carbonyl (C=O) groups is 1. The van der Waals surface area contributed by atoms with Crippen molar-refractivity contribution in [3.63, 3.8) is 0 Å². The summed E-state index contributed by atoms with van der Waals surface area (Å²) in [7, 11) is 2.01. The molecule has 3 heteroatoms. The first kappa shape index (κ1) is 13.9. The molecule has 0 heterocycles. The SMILES string of the molecule is Cc1ccc(N(C)CC2CCCCC2)c(C(=O)O)c1. The van der Waals surface area contributed by atoms with Crippen LogP contribution in [0.15, 0.2) is 18.2 Å². The van der Waals surface area contributed by atoms with Crippen LogP contribution in [0.2, 0.25) is 0 Å². The molecule has 0 aromatic heterocycles. The Kier molecular flexibility index (Phi) is 4.46. The lowest BCUT2D eigenvalue weighted by molar-refractivity contribution is 0.0697. The van der Waals surface area contributed by atoms with Gasteiger partial charge in [-0.15, -0.1) is 0 Å². The highest BCUT2D eigenvalue weighted by molar-refractivity contribution is 5.94. The van der Waals surface area contributed by atoms with E-state index >= 15 is 0 Å². The van der Waals surface area contributed by atoms with Crippen LogP contribution in [0.1, 0.15) is 48.0 Å². The Morgan fingerprint density at radius 2 is 2.00 bits per heavy atom. The summed E-state index contributed by atoms with van der Waals surface area (Å²) in [6.45, 7) is 2.89. The molecule has 0 spiro atoms. The standard InChI is InChI=1S/C16H23NO2/c1-12-8-9-15(14(10-12)16(18)19)17(2)11-13-6-4-3-5-7-13/h8-10,13H,3-7,11H2,1-2H3,(H,18,19). The number of hydrogen-bond donors (Lipinski definition) is 1. The molecule has 1 aliphatic rings. The Hall–Kier alpha value is -1.51. The first-order chi connectivity index (χ1) is 9.08. The highest BCUT2D eigenvalue weighted by Gasteiger charge is 2.19. The second-order valence-corrected chi connectivity index (χ2v) is 5.71. The van der Waals surface area contributed by atoms with Crippen molar-refractivity contribution < 1.29 is 9.90 Å². The highest BCUT2D eigenvalue weighted by Crippen LogP contribution is 2.27. The number of aryl methyl sites for hydroxylation is 1. The van der Waals surface area contributed by atoms with Gasteiger partial charge in [-0.05, 0) is 37.8 Å². The number of carboxylic acid groups (broad SMARTS) is 1. The van der Waals surface area contributed by atoms with Crippen LogP contribution in [-0.2, 0) is 0 Å². The highest BCUT2D eigenvalue weighted by atomic mass is 16.4. The first-order valence-corrected chi connectivity index (χ1v) is 7.13. The third-order valence-electron chi connectivity index (χ3n) is 4.05. The molecule has 104 valence electrons. The summed E-state index contributed by atoms with van der Waals surface area (Å²) in [5.74, 6) is -0.129. The van der Waals surface area contributed by atoms with E-state index in [1.165, 1.54) is 32.1 Å². The number of carboxylic acids is 1. The van der Waals surface area contributed by atoms with Crippen LogP contribution in [0.4, 0.5) is 5.69 Å². The molecule has 3 nitrogen and oxygen atoms in total. The number of anilines is 1. The zero-order valence-corrected chi connectivity index (χ0v) is 11.9. The summed E-state index contributed by atoms with van der Waals surface area (Å²) in [5.41, 5.74) is 2.24. The van der Waals surface area contributed by atoms with E-state index in [4.69, 9.17) is 0 Å². The lowest BCUT2D eigenvalue weighted by Crippen LogP contribution is -2.28. The monoisotopic (exact) mass is 261 g/mol. The third kappa shape index (κ3) is 3.49. The van der Waals surface area contributed by atoms with Gasteiger partial charge in [0.2, 0.25) is 0 Å². The summed E-state index contributed by atoms with van der Waals surface area (Å²) in [4.78, 5) is 13.5. The van der Waals surface area contributed by atoms with Gasteiger partial charge in [-0.25, -0.2) is 4.79 Å². The Labute approximate surface area is 115 Å². The molecule has 1 saturated carbocycles. The van der Waals surface area contributed by atoms with Crippen LogP contribution in [0.5, 0.6) is 0 Å². The van der Waals surface area contributed by atoms with E-state index < -0.39 is 5.97 Å². The average molecular weight is 261 g/mol. The van der Waals surface area contributed by atoms with Gasteiger partial charge >= 0.3 is 5.97 Å². The van der Waals surface area contributed by atoms with E-state index in [0.29, 0.717) is 11.5 Å². The van der Waals surface area contributed by atoms with Gasteiger partial charge in [0.25, 0.3) is 0 Å². The van der Waals surface area contributed by atoms with E-state index in [0.717, 1.165) is 17.8 Å². The largest absolute Gasteiger partial charge is 0.478 e. The third-order valence-corrected chi connectivity index (χ3v) is 4.05. The van der Waals surface area contributed by atoms with Gasteiger partial charge in [0.05, 0.1) is 11.3 Å². The molecule has 0 unspecified atom stereocenters. The number of benzene rings is 1. The molecule has 0 saturated heterocycles. The van der Waals surface area contributed by atoms with E-state index in [2.05, 4.69) is 4.90 Å². The lowest BCUT2D eigenvalue weighted by atomic mass is 9.89. The molecule has 0 bridgehead atoms. The summed E-state index contributed by atoms with van der Waals surface area (Å²) in [5, 5.41) is 9.32. The van der Waals surface area contributed by atoms with Gasteiger partial charge in [0.1, 0.15) is 0 Å². The maximum absolute atomic E-state index is 11.3. The van der Waals surface area contributed by atoms with Crippen LogP contribution in [-0.4, -0.2) is 24.7 Å². The fourth-order valence-corrected chi connectivity index (χ4v) is 3.01. The summed E-state index contributed by atoms with van der Waals surface area (Å²) in [6.07, 6.45) is 6.54. The normalized spacial score (nSPS) is 16.3. The summed E-state index contributed by atoms with van der Waals surface area (Å²) in [6, 6.07) is 5.68. The maximum atomic E-state index is 11.3. The second kappa shape index (κ2) is 6.09. The first-order valence-electron chi connectivity index (χ1n) is 7.13. The van der Waals surface area contributed by atoms with Gasteiger partial charge in [-0.2, -0.15) is 0 Å². The molecule has 2 rings (SSSR count). The summed E-state index contributed by atoms with van der Waals surface area (Å²) >= 11 is 0. The fraction of sp³-hybridized carbons (Fsp3) is 0.562. The van der Waals surface area contributed by atoms with Gasteiger partial charge in [0, 0.05) is 13.6 Å². The minimum absolute atomic E-state index is 0.415. The summed E-state index contributed by atoms with van der Waals surface area (Å²) < 4.78 is 0. The number of nitrogens with zero attached hydrogens (tertiary/aromatic N) is 1. The molecular weight excluding hydrogens is 238 g/mol. The van der Waals surface area contributed by atoms with Crippen molar-refractivity contribution in [2.24, 2.45) is 5.92 Å². The van der Waals surface area contributed by atoms with E-state index in [-0.39, 0.29) is 0 Å². The lowest BCUT2D eigenvalue weighted by Gasteiger charge is -2.29. The van der Waals surface area contributed by atoms with Crippen molar-refractivity contribution in [1.82, 2.24) is 0 Å². The predicted molar refractivity (Wildman–Crippen MR) is 78.0 cm³/mol. The van der Waals surface area contributed by atoms with Crippen molar-refractivity contribution in [3.05, 3.63) is 29.3 Å². The van der Waals surface area contributed by atoms with E-state index in [1.54, 1.807) is 6.07 Å². The van der Waals surface area contributed by atoms with Crippen molar-refractivity contribution >= 4 is 11.7 Å². The van der Waals surface area contributed by atoms with Gasteiger partial charge < -0.3 is 10.0 Å². The number of aromatic carboxylic acids is 1. The van der Waals surface area contributed by atoms with E-state index in [9.17, 15) is 9.90 Å². The Morgan fingerprint density at radius 3 is 2.63 bits per heavy atom. The fourth-order valence-electron chi connectivity index (χ4n) is 3.01. The van der Waals surface area contributed by atoms with Crippen molar-refractivity contribution in [3.8, 4) is 0 Å². The smallest absolute Gasteiger partial charge is 0.337 e. The number of rotatable bonds is 4. The molecule has 19 heavy (non-hydrogen) atoms. The van der Waals surface area contributed by atoms with E-state index in [1.807, 2.05) is 26.1 Å². The van der Waals surface area contributed by atoms with Crippen LogP contribution in [0.3, 0.4) is 0 Å². The van der Waals surface area contributed by atoms with Gasteiger partial charge in [-0.1, -0.05) is 30.9 Å². The molecule has 1 aromatic carbocycles. The molecule has 0 amide bonds. The van der Waals surface area contributed by atoms with Gasteiger partial charge in [-0.3, -0.25) is 0 Å². The van der Waals surface area contributed by atoms with Gasteiger partial charge in [0.15, 0.2) is 0 Å². The van der Waals surface area contributed by atoms with Crippen LogP contribution >= 0.6 is 0 Å². The molecule has 1 N–H and O–H groups in total. The number of hydrogen-bond acceptors (Lipinski definition) is 2. The minimum atomic E-state index is -0.839. The molecule has 1 fully saturated rings. The Morgan fingerprint density at radius 1 is 1.32 bits per heavy atom. The quantitative estimate of drug-likeness (QED) is 0.898. The molecule has 0 atom stereocenters. The van der Waals surface area contributed by atoms with Crippen LogP contribution in [0, 0.1) is 12.8 Å². The average Bonchev–Trinajstić information content (AvgIpc) is 2.39. The molecule has 0 aliphatic heterocycles. The van der Waals surface area contributed by atoms with Crippen molar-refractivity contribution in [1.29, 1.82) is 0 Å². The maximum Gasteiger partial charge on any atom is 0.337 e. The van der Waals surface area contributed by atoms with Crippen molar-refractivity contribution in [2.45, 2.75) is 39.0 Å². The van der Waals surface area contributed by atoms with Crippen molar-refractivity contribution in [2.75, 3.05) is 18.5 Å². The second-order valence-electron chi connectivity index (χ2n) is 5.71. The molecule has 1 aromatic rings. The Bertz CT molecular complexity index is 450. The zero-order valence-electron chi connectivity index (χ0n) is 11.9. The molecular formula is C16H23NO2. The minimum Gasteiger partial charge on any atom is -0.478 e. The topological polar surface area (TPSA) is 40.5 Å². The molecule has 0 radical (unpaired) electrons. The molecule has 1 aliphatic carbocycles. The Balaban J connectivity index is 2.13. The zero-order chi connectivity index (χ0) is 13.8. The van der Waals surface area contributed by atoms with Crippen LogP contribution in [0.25, 0.3) is 0 Å². The predicted octanol–water partition coefficient (Wildman–Crippen LogP) is 3.71.